The third kappa shape index (κ3) is 5.59. The molecule has 3 heterocycles. The highest BCUT2D eigenvalue weighted by molar-refractivity contribution is 5.74. The number of piperidine rings is 3. The van der Waals surface area contributed by atoms with Gasteiger partial charge in [0.25, 0.3) is 0 Å². The number of nitrogens with zero attached hydrogens (tertiary/aromatic N) is 1. The molecule has 2 bridgehead atoms. The summed E-state index contributed by atoms with van der Waals surface area (Å²) in [7, 11) is 0. The van der Waals surface area contributed by atoms with Gasteiger partial charge in [-0.2, -0.15) is 0 Å². The minimum atomic E-state index is -0.301. The van der Waals surface area contributed by atoms with Gasteiger partial charge in [-0.05, 0) is 98.0 Å². The van der Waals surface area contributed by atoms with Crippen molar-refractivity contribution in [2.24, 2.45) is 11.3 Å². The number of ether oxygens (including phenoxy) is 3. The largest absolute Gasteiger partial charge is 0.494 e. The van der Waals surface area contributed by atoms with Gasteiger partial charge >= 0.3 is 6.09 Å². The maximum Gasteiger partial charge on any atom is 0.407 e. The molecule has 1 aliphatic carbocycles. The van der Waals surface area contributed by atoms with Crippen molar-refractivity contribution in [3.05, 3.63) is 47.5 Å². The molecule has 0 unspecified atom stereocenters. The maximum atomic E-state index is 13.1. The zero-order valence-electron chi connectivity index (χ0n) is 22.8. The fourth-order valence-electron chi connectivity index (χ4n) is 6.25. The Morgan fingerprint density at radius 1 is 1.08 bits per heavy atom. The predicted molar refractivity (Wildman–Crippen MR) is 146 cm³/mol. The third-order valence-electron chi connectivity index (χ3n) is 8.33. The van der Waals surface area contributed by atoms with Crippen LogP contribution in [0.4, 0.5) is 4.79 Å². The van der Waals surface area contributed by atoms with Gasteiger partial charge in [0.2, 0.25) is 0 Å². The molecule has 3 fully saturated rings. The number of benzene rings is 2. The smallest absolute Gasteiger partial charge is 0.407 e. The lowest BCUT2D eigenvalue weighted by atomic mass is 9.85. The molecule has 6 heteroatoms. The lowest BCUT2D eigenvalue weighted by Crippen LogP contribution is -2.53. The SMILES string of the molecule is CCCCOc1ccc(-c2cc3c(cc2OCC)[C@H](NC(=O)O[C@@H]2CN4CCC2CC4)C(C)(C)C3)cc1. The van der Waals surface area contributed by atoms with E-state index in [2.05, 4.69) is 55.3 Å². The first-order chi connectivity index (χ1) is 17.9. The Morgan fingerprint density at radius 2 is 1.84 bits per heavy atom. The summed E-state index contributed by atoms with van der Waals surface area (Å²) in [6.45, 7) is 13.0. The molecule has 1 N–H and O–H groups in total. The molecule has 1 amide bonds. The van der Waals surface area contributed by atoms with Gasteiger partial charge in [0.05, 0.1) is 19.3 Å². The maximum absolute atomic E-state index is 13.1. The molecule has 0 spiro atoms. The second kappa shape index (κ2) is 10.9. The Labute approximate surface area is 221 Å². The molecular weight excluding hydrogens is 464 g/mol. The van der Waals surface area contributed by atoms with Gasteiger partial charge in [0.1, 0.15) is 17.6 Å². The van der Waals surface area contributed by atoms with E-state index in [4.69, 9.17) is 14.2 Å². The van der Waals surface area contributed by atoms with Crippen LogP contribution in [0.25, 0.3) is 11.1 Å². The average molecular weight is 507 g/mol. The lowest BCUT2D eigenvalue weighted by Gasteiger charge is -2.44. The van der Waals surface area contributed by atoms with Gasteiger partial charge in [0, 0.05) is 12.1 Å². The second-order valence-corrected chi connectivity index (χ2v) is 11.5. The van der Waals surface area contributed by atoms with Crippen LogP contribution in [-0.4, -0.2) is 49.9 Å². The fraction of sp³-hybridized carbons (Fsp3) is 0.581. The highest BCUT2D eigenvalue weighted by atomic mass is 16.6. The van der Waals surface area contributed by atoms with Gasteiger partial charge in [0.15, 0.2) is 0 Å². The molecule has 0 radical (unpaired) electrons. The van der Waals surface area contributed by atoms with Gasteiger partial charge in [-0.3, -0.25) is 4.90 Å². The number of hydrogen-bond donors (Lipinski definition) is 1. The Bertz CT molecular complexity index is 1090. The molecule has 2 aromatic carbocycles. The van der Waals surface area contributed by atoms with Crippen LogP contribution < -0.4 is 14.8 Å². The molecule has 6 rings (SSSR count). The average Bonchev–Trinajstić information content (AvgIpc) is 3.13. The Hall–Kier alpha value is -2.73. The van der Waals surface area contributed by atoms with E-state index in [1.807, 2.05) is 19.1 Å². The van der Waals surface area contributed by atoms with E-state index in [-0.39, 0.29) is 23.7 Å². The Balaban J connectivity index is 1.35. The molecule has 0 saturated carbocycles. The molecule has 2 aromatic rings. The summed E-state index contributed by atoms with van der Waals surface area (Å²) in [4.78, 5) is 15.5. The van der Waals surface area contributed by atoms with Crippen LogP contribution in [0.15, 0.2) is 36.4 Å². The fourth-order valence-corrected chi connectivity index (χ4v) is 6.25. The van der Waals surface area contributed by atoms with E-state index in [0.29, 0.717) is 12.5 Å². The van der Waals surface area contributed by atoms with E-state index < -0.39 is 0 Å². The normalized spacial score (nSPS) is 25.4. The van der Waals surface area contributed by atoms with Crippen molar-refractivity contribution >= 4 is 6.09 Å². The number of amides is 1. The minimum absolute atomic E-state index is 0.00164. The van der Waals surface area contributed by atoms with E-state index in [9.17, 15) is 4.79 Å². The Kier molecular flexibility index (Phi) is 7.66. The first-order valence-electron chi connectivity index (χ1n) is 14.1. The summed E-state index contributed by atoms with van der Waals surface area (Å²) in [5.74, 6) is 2.23. The van der Waals surface area contributed by atoms with E-state index >= 15 is 0 Å². The summed E-state index contributed by atoms with van der Waals surface area (Å²) in [6.07, 6.45) is 5.01. The van der Waals surface area contributed by atoms with Crippen molar-refractivity contribution < 1.29 is 19.0 Å². The van der Waals surface area contributed by atoms with Gasteiger partial charge in [-0.25, -0.2) is 4.79 Å². The van der Waals surface area contributed by atoms with Crippen LogP contribution in [0.3, 0.4) is 0 Å². The molecule has 3 aliphatic heterocycles. The highest BCUT2D eigenvalue weighted by Gasteiger charge is 2.42. The van der Waals surface area contributed by atoms with Crippen molar-refractivity contribution in [1.82, 2.24) is 10.2 Å². The Morgan fingerprint density at radius 3 is 2.49 bits per heavy atom. The standard InChI is InChI=1S/C31H42N2O4/c1-5-7-16-36-24-10-8-21(9-11-24)25-17-23-19-31(3,4)29(26(23)18-27(25)35-6-2)32-30(34)37-28-20-33-14-12-22(28)13-15-33/h8-11,17-18,22,28-29H,5-7,12-16,19-20H2,1-4H3,(H,32,34)/t28-,29+/m1/s1. The summed E-state index contributed by atoms with van der Waals surface area (Å²) in [6, 6.07) is 12.5. The number of nitrogens with one attached hydrogen (secondary N) is 1. The number of carbonyl (C=O) groups excluding carboxylic acids is 1. The number of unbranched alkanes of at least 4 members (excludes halogenated alkanes) is 1. The second-order valence-electron chi connectivity index (χ2n) is 11.5. The van der Waals surface area contributed by atoms with Crippen LogP contribution in [0.5, 0.6) is 11.5 Å². The minimum Gasteiger partial charge on any atom is -0.494 e. The highest BCUT2D eigenvalue weighted by Crippen LogP contribution is 2.49. The van der Waals surface area contributed by atoms with Gasteiger partial charge < -0.3 is 19.5 Å². The molecule has 2 atom stereocenters. The van der Waals surface area contributed by atoms with Crippen molar-refractivity contribution in [2.45, 2.75) is 71.9 Å². The van der Waals surface area contributed by atoms with Crippen LogP contribution >= 0.6 is 0 Å². The van der Waals surface area contributed by atoms with Crippen molar-refractivity contribution in [3.63, 3.8) is 0 Å². The third-order valence-corrected chi connectivity index (χ3v) is 8.33. The van der Waals surface area contributed by atoms with Gasteiger partial charge in [-0.15, -0.1) is 0 Å². The van der Waals surface area contributed by atoms with Crippen LogP contribution in [-0.2, 0) is 11.2 Å². The number of carbonyl (C=O) groups is 1. The quantitative estimate of drug-likeness (QED) is 0.400. The van der Waals surface area contributed by atoms with Crippen molar-refractivity contribution in [2.75, 3.05) is 32.8 Å². The van der Waals surface area contributed by atoms with Crippen LogP contribution in [0, 0.1) is 11.3 Å². The number of fused-ring (bicyclic) bond motifs is 4. The number of rotatable bonds is 9. The van der Waals surface area contributed by atoms with Crippen LogP contribution in [0.2, 0.25) is 0 Å². The molecule has 200 valence electrons. The molecule has 4 aliphatic rings. The van der Waals surface area contributed by atoms with E-state index in [1.165, 1.54) is 5.56 Å². The first-order valence-corrected chi connectivity index (χ1v) is 14.1. The summed E-state index contributed by atoms with van der Waals surface area (Å²) < 4.78 is 18.0. The summed E-state index contributed by atoms with van der Waals surface area (Å²) in [5, 5.41) is 3.24. The first kappa shape index (κ1) is 25.9. The molecule has 37 heavy (non-hydrogen) atoms. The van der Waals surface area contributed by atoms with E-state index in [0.717, 1.165) is 86.5 Å². The molecule has 6 nitrogen and oxygen atoms in total. The van der Waals surface area contributed by atoms with Crippen LogP contribution in [0.1, 0.15) is 70.5 Å². The zero-order valence-corrected chi connectivity index (χ0v) is 22.8. The monoisotopic (exact) mass is 506 g/mol. The summed E-state index contributed by atoms with van der Waals surface area (Å²) in [5.41, 5.74) is 4.43. The molecule has 0 aromatic heterocycles. The van der Waals surface area contributed by atoms with Gasteiger partial charge in [-0.1, -0.05) is 39.3 Å². The predicted octanol–water partition coefficient (Wildman–Crippen LogP) is 6.38. The van der Waals surface area contributed by atoms with E-state index in [1.54, 1.807) is 0 Å². The topological polar surface area (TPSA) is 60.0 Å². The molecule has 3 saturated heterocycles. The molecular formula is C31H42N2O4. The van der Waals surface area contributed by atoms with Crippen molar-refractivity contribution in [1.29, 1.82) is 0 Å². The zero-order chi connectivity index (χ0) is 26.0. The number of hydrogen-bond acceptors (Lipinski definition) is 5. The number of alkyl carbamates (subject to hydrolysis) is 1. The van der Waals surface area contributed by atoms with Crippen molar-refractivity contribution in [3.8, 4) is 22.6 Å². The lowest BCUT2D eigenvalue weighted by molar-refractivity contribution is -0.0349. The summed E-state index contributed by atoms with van der Waals surface area (Å²) >= 11 is 0.